The van der Waals surface area contributed by atoms with Gasteiger partial charge in [-0.25, -0.2) is 0 Å². The van der Waals surface area contributed by atoms with Gasteiger partial charge in [-0.3, -0.25) is 9.59 Å². The van der Waals surface area contributed by atoms with Gasteiger partial charge in [-0.05, 0) is 31.1 Å². The molecule has 1 heterocycles. The molecule has 23 heavy (non-hydrogen) atoms. The third-order valence-electron chi connectivity index (χ3n) is 7.08. The number of esters is 2. The minimum atomic E-state index is -0.386. The third kappa shape index (κ3) is 2.32. The SMILES string of the molecule is CC(=O)O[C@H]1C[C@@H](C)[C@]2(CCC(=O)O2)[C@@]2(C)CCCC(C)(C)[C@H]12. The van der Waals surface area contributed by atoms with E-state index in [1.165, 1.54) is 6.92 Å². The molecule has 1 saturated heterocycles. The van der Waals surface area contributed by atoms with Gasteiger partial charge in [-0.15, -0.1) is 0 Å². The van der Waals surface area contributed by atoms with Gasteiger partial charge in [0.05, 0.1) is 0 Å². The van der Waals surface area contributed by atoms with Crippen LogP contribution in [0, 0.1) is 22.7 Å². The molecular formula is C19H30O4. The maximum atomic E-state index is 12.0. The van der Waals surface area contributed by atoms with Crippen molar-refractivity contribution in [1.82, 2.24) is 0 Å². The molecule has 0 N–H and O–H groups in total. The normalized spacial score (nSPS) is 45.4. The standard InChI is InChI=1S/C19H30O4/c1-12-11-14(22-13(2)20)16-17(3,4)8-6-9-18(16,5)19(12)10-7-15(21)23-19/h12,14,16H,6-11H2,1-5H3/t12-,14+,16+,18+,19-/m1/s1. The van der Waals surface area contributed by atoms with Crippen molar-refractivity contribution in [1.29, 1.82) is 0 Å². The molecule has 4 nitrogen and oxygen atoms in total. The van der Waals surface area contributed by atoms with Crippen LogP contribution in [-0.2, 0) is 19.1 Å². The summed E-state index contributed by atoms with van der Waals surface area (Å²) >= 11 is 0. The molecule has 0 aromatic heterocycles. The largest absolute Gasteiger partial charge is 0.462 e. The van der Waals surface area contributed by atoms with Crippen molar-refractivity contribution in [3.8, 4) is 0 Å². The molecule has 0 amide bonds. The lowest BCUT2D eigenvalue weighted by Gasteiger charge is -2.64. The molecule has 0 bridgehead atoms. The Morgan fingerprint density at radius 1 is 1.22 bits per heavy atom. The molecular weight excluding hydrogens is 292 g/mol. The lowest BCUT2D eigenvalue weighted by atomic mass is 9.43. The van der Waals surface area contributed by atoms with Crippen molar-refractivity contribution >= 4 is 11.9 Å². The number of ether oxygens (including phenoxy) is 2. The number of carbonyl (C=O) groups excluding carboxylic acids is 2. The van der Waals surface area contributed by atoms with Crippen molar-refractivity contribution in [2.24, 2.45) is 22.7 Å². The van der Waals surface area contributed by atoms with Crippen LogP contribution in [0.5, 0.6) is 0 Å². The lowest BCUT2D eigenvalue weighted by Crippen LogP contribution is -2.66. The average molecular weight is 322 g/mol. The van der Waals surface area contributed by atoms with Crippen molar-refractivity contribution < 1.29 is 19.1 Å². The monoisotopic (exact) mass is 322 g/mol. The molecule has 1 spiro atoms. The van der Waals surface area contributed by atoms with Crippen LogP contribution in [0.2, 0.25) is 0 Å². The van der Waals surface area contributed by atoms with Crippen LogP contribution >= 0.6 is 0 Å². The molecule has 2 aliphatic carbocycles. The van der Waals surface area contributed by atoms with Gasteiger partial charge in [0.1, 0.15) is 11.7 Å². The third-order valence-corrected chi connectivity index (χ3v) is 7.08. The summed E-state index contributed by atoms with van der Waals surface area (Å²) in [6.45, 7) is 10.5. The predicted molar refractivity (Wildman–Crippen MR) is 86.6 cm³/mol. The van der Waals surface area contributed by atoms with E-state index in [1.54, 1.807) is 0 Å². The van der Waals surface area contributed by atoms with E-state index < -0.39 is 0 Å². The van der Waals surface area contributed by atoms with Crippen molar-refractivity contribution in [2.45, 2.75) is 84.8 Å². The Kier molecular flexibility index (Phi) is 3.81. The Hall–Kier alpha value is -1.06. The molecule has 0 radical (unpaired) electrons. The minimum absolute atomic E-state index is 0.0638. The molecule has 3 rings (SSSR count). The highest BCUT2D eigenvalue weighted by atomic mass is 16.6. The van der Waals surface area contributed by atoms with Crippen LogP contribution in [0.15, 0.2) is 0 Å². The van der Waals surface area contributed by atoms with E-state index in [4.69, 9.17) is 9.47 Å². The van der Waals surface area contributed by atoms with Crippen LogP contribution in [0.4, 0.5) is 0 Å². The number of fused-ring (bicyclic) bond motifs is 2. The first-order chi connectivity index (χ1) is 10.6. The van der Waals surface area contributed by atoms with E-state index >= 15 is 0 Å². The van der Waals surface area contributed by atoms with Gasteiger partial charge < -0.3 is 9.47 Å². The summed E-state index contributed by atoms with van der Waals surface area (Å²) in [5, 5.41) is 0. The zero-order valence-electron chi connectivity index (χ0n) is 15.1. The zero-order chi connectivity index (χ0) is 17.0. The van der Waals surface area contributed by atoms with Crippen molar-refractivity contribution in [3.63, 3.8) is 0 Å². The molecule has 1 aliphatic heterocycles. The fourth-order valence-corrected chi connectivity index (χ4v) is 6.38. The van der Waals surface area contributed by atoms with Crippen LogP contribution < -0.4 is 0 Å². The number of hydrogen-bond donors (Lipinski definition) is 0. The zero-order valence-corrected chi connectivity index (χ0v) is 15.1. The fourth-order valence-electron chi connectivity index (χ4n) is 6.38. The topological polar surface area (TPSA) is 52.6 Å². The Morgan fingerprint density at radius 2 is 1.91 bits per heavy atom. The Bertz CT molecular complexity index is 525. The summed E-state index contributed by atoms with van der Waals surface area (Å²) < 4.78 is 11.8. The molecule has 0 unspecified atom stereocenters. The second-order valence-electron chi connectivity index (χ2n) is 8.89. The summed E-state index contributed by atoms with van der Waals surface area (Å²) in [4.78, 5) is 23.7. The van der Waals surface area contributed by atoms with Gasteiger partial charge in [-0.2, -0.15) is 0 Å². The molecule has 2 saturated carbocycles. The second-order valence-corrected chi connectivity index (χ2v) is 8.89. The van der Waals surface area contributed by atoms with Gasteiger partial charge in [0.2, 0.25) is 0 Å². The molecule has 0 aromatic rings. The fraction of sp³-hybridized carbons (Fsp3) is 0.895. The number of hydrogen-bond acceptors (Lipinski definition) is 4. The first-order valence-electron chi connectivity index (χ1n) is 9.01. The first kappa shape index (κ1) is 16.8. The molecule has 3 fully saturated rings. The molecule has 5 atom stereocenters. The van der Waals surface area contributed by atoms with Gasteiger partial charge >= 0.3 is 11.9 Å². The Balaban J connectivity index is 2.07. The van der Waals surface area contributed by atoms with Crippen LogP contribution in [0.25, 0.3) is 0 Å². The first-order valence-corrected chi connectivity index (χ1v) is 9.01. The summed E-state index contributed by atoms with van der Waals surface area (Å²) in [7, 11) is 0. The van der Waals surface area contributed by atoms with E-state index in [1.807, 2.05) is 0 Å². The van der Waals surface area contributed by atoms with Gasteiger partial charge in [0, 0.05) is 30.6 Å². The van der Waals surface area contributed by atoms with E-state index in [-0.39, 0.29) is 46.3 Å². The Morgan fingerprint density at radius 3 is 2.48 bits per heavy atom. The van der Waals surface area contributed by atoms with Crippen molar-refractivity contribution in [2.75, 3.05) is 0 Å². The van der Waals surface area contributed by atoms with E-state index in [0.29, 0.717) is 6.42 Å². The second kappa shape index (κ2) is 5.22. The van der Waals surface area contributed by atoms with Crippen LogP contribution in [0.3, 0.4) is 0 Å². The number of carbonyl (C=O) groups is 2. The average Bonchev–Trinajstić information content (AvgIpc) is 2.79. The van der Waals surface area contributed by atoms with Gasteiger partial charge in [0.15, 0.2) is 0 Å². The maximum Gasteiger partial charge on any atom is 0.306 e. The summed E-state index contributed by atoms with van der Waals surface area (Å²) in [6.07, 6.45) is 5.34. The quantitative estimate of drug-likeness (QED) is 0.688. The van der Waals surface area contributed by atoms with E-state index in [0.717, 1.165) is 32.1 Å². The van der Waals surface area contributed by atoms with Crippen molar-refractivity contribution in [3.05, 3.63) is 0 Å². The summed E-state index contributed by atoms with van der Waals surface area (Å²) in [5.41, 5.74) is -0.433. The van der Waals surface area contributed by atoms with E-state index in [2.05, 4.69) is 27.7 Å². The predicted octanol–water partition coefficient (Wildman–Crippen LogP) is 3.87. The van der Waals surface area contributed by atoms with Crippen LogP contribution in [-0.4, -0.2) is 23.6 Å². The minimum Gasteiger partial charge on any atom is -0.462 e. The van der Waals surface area contributed by atoms with Gasteiger partial charge in [-0.1, -0.05) is 34.1 Å². The van der Waals surface area contributed by atoms with Crippen LogP contribution in [0.1, 0.15) is 73.1 Å². The highest BCUT2D eigenvalue weighted by molar-refractivity contribution is 5.72. The summed E-state index contributed by atoms with van der Waals surface area (Å²) in [5.74, 6) is 0.180. The lowest BCUT2D eigenvalue weighted by molar-refractivity contribution is -0.247. The van der Waals surface area contributed by atoms with Gasteiger partial charge in [0.25, 0.3) is 0 Å². The highest BCUT2D eigenvalue weighted by Gasteiger charge is 2.68. The maximum absolute atomic E-state index is 12.0. The molecule has 4 heteroatoms. The summed E-state index contributed by atoms with van der Waals surface area (Å²) in [6, 6.07) is 0. The van der Waals surface area contributed by atoms with E-state index in [9.17, 15) is 9.59 Å². The molecule has 0 aromatic carbocycles. The molecule has 3 aliphatic rings. The molecule has 130 valence electrons. The highest BCUT2D eigenvalue weighted by Crippen LogP contribution is 2.66. The number of rotatable bonds is 1. The Labute approximate surface area is 139 Å². The smallest absolute Gasteiger partial charge is 0.306 e.